The van der Waals surface area contributed by atoms with Crippen LogP contribution in [0.15, 0.2) is 40.3 Å². The third-order valence-electron chi connectivity index (χ3n) is 2.22. The number of nitrogens with one attached hydrogen (secondary N) is 4. The molecule has 0 amide bonds. The highest BCUT2D eigenvalue weighted by molar-refractivity contribution is 6.05. The average Bonchev–Trinajstić information content (AvgIpc) is 2.44. The van der Waals surface area contributed by atoms with E-state index >= 15 is 0 Å². The fourth-order valence-corrected chi connectivity index (χ4v) is 1.35. The van der Waals surface area contributed by atoms with Crippen LogP contribution in [0.3, 0.4) is 0 Å². The topological polar surface area (TPSA) is 133 Å². The molecular weight excluding hydrogens is 264 g/mol. The summed E-state index contributed by atoms with van der Waals surface area (Å²) in [5, 5.41) is 0. The van der Waals surface area contributed by atoms with E-state index in [1.54, 1.807) is 0 Å². The van der Waals surface area contributed by atoms with Gasteiger partial charge < -0.3 is 10.4 Å². The fraction of sp³-hybridized carbons (Fsp3) is 0. The molecule has 2 aromatic heterocycles. The van der Waals surface area contributed by atoms with Crippen molar-refractivity contribution in [3.63, 3.8) is 0 Å². The molecule has 0 aliphatic heterocycles. The maximum Gasteiger partial charge on any atom is 0.346 e. The molecule has 0 aromatic carbocycles. The second-order valence-corrected chi connectivity index (χ2v) is 3.56. The number of hydrogen-bond acceptors (Lipinski definition) is 7. The third kappa shape index (κ3) is 3.38. The van der Waals surface area contributed by atoms with Crippen molar-refractivity contribution in [3.8, 4) is 0 Å². The Kier molecular flexibility index (Phi) is 4.02. The van der Waals surface area contributed by atoms with Gasteiger partial charge >= 0.3 is 11.4 Å². The highest BCUT2D eigenvalue weighted by Crippen LogP contribution is 2.04. The quantitative estimate of drug-likeness (QED) is 0.312. The fourth-order valence-electron chi connectivity index (χ4n) is 1.35. The van der Waals surface area contributed by atoms with Crippen molar-refractivity contribution in [1.29, 1.82) is 0 Å². The van der Waals surface area contributed by atoms with Crippen molar-refractivity contribution in [2.75, 3.05) is 5.43 Å². The third-order valence-corrected chi connectivity index (χ3v) is 2.22. The lowest BCUT2D eigenvalue weighted by Crippen LogP contribution is -2.20. The van der Waals surface area contributed by atoms with E-state index in [1.807, 2.05) is 0 Å². The molecule has 0 radical (unpaired) electrons. The molecule has 0 fully saturated rings. The molecule has 2 heterocycles. The summed E-state index contributed by atoms with van der Waals surface area (Å²) in [5.74, 6) is 0.370. The van der Waals surface area contributed by atoms with Crippen molar-refractivity contribution >= 4 is 17.7 Å². The minimum absolute atomic E-state index is 0.202. The molecule has 9 nitrogen and oxygen atoms in total. The van der Waals surface area contributed by atoms with Gasteiger partial charge in [0, 0.05) is 18.6 Å². The van der Waals surface area contributed by atoms with E-state index in [4.69, 9.17) is 0 Å². The Morgan fingerprint density at radius 2 is 1.80 bits per heavy atom. The number of carbonyl (C=O) groups excluding carboxylic acids is 1. The number of hydrogen-bond donors (Lipinski definition) is 4. The molecule has 0 saturated heterocycles. The Labute approximate surface area is 111 Å². The van der Waals surface area contributed by atoms with Crippen LogP contribution in [0.1, 0.15) is 5.69 Å². The Hall–Kier alpha value is -3.23. The van der Waals surface area contributed by atoms with Crippen LogP contribution in [0.2, 0.25) is 0 Å². The van der Waals surface area contributed by atoms with E-state index in [9.17, 15) is 14.4 Å². The lowest BCUT2D eigenvalue weighted by atomic mass is 10.2. The summed E-state index contributed by atoms with van der Waals surface area (Å²) < 4.78 is 0. The molecule has 0 saturated carbocycles. The highest BCUT2D eigenvalue weighted by Gasteiger charge is 2.01. The predicted molar refractivity (Wildman–Crippen MR) is 70.5 cm³/mol. The Morgan fingerprint density at radius 3 is 2.45 bits per heavy atom. The first kappa shape index (κ1) is 13.2. The van der Waals surface area contributed by atoms with Crippen LogP contribution in [0.4, 0.5) is 5.82 Å². The van der Waals surface area contributed by atoms with Gasteiger partial charge in [-0.2, -0.15) is 0 Å². The normalized spacial score (nSPS) is 10.9. The highest BCUT2D eigenvalue weighted by atomic mass is 16.1. The second-order valence-electron chi connectivity index (χ2n) is 3.56. The molecule has 0 spiro atoms. The van der Waals surface area contributed by atoms with Gasteiger partial charge in [-0.3, -0.25) is 15.2 Å². The van der Waals surface area contributed by atoms with Crippen LogP contribution < -0.4 is 22.2 Å². The molecule has 0 aliphatic carbocycles. The Balaban J connectivity index is 2.11. The molecule has 0 unspecified atom stereocenters. The number of aldehydes is 1. The number of carbonyl (C=O) groups is 1. The average molecular weight is 274 g/mol. The van der Waals surface area contributed by atoms with Crippen molar-refractivity contribution < 1.29 is 4.79 Å². The standard InChI is InChI=1S/C11H10N6O3/c18-6-7(8-1-3-12-10(19)15-8)5-14-17-9-2-4-13-11(20)16-9/h1-6,14H,(H,12,15,19)(H2,13,16,17,20)/b7-5-. The number of allylic oxidation sites excluding steroid dienone is 1. The van der Waals surface area contributed by atoms with Gasteiger partial charge in [-0.15, -0.1) is 0 Å². The number of anilines is 1. The van der Waals surface area contributed by atoms with Gasteiger partial charge in [0.1, 0.15) is 5.82 Å². The van der Waals surface area contributed by atoms with Crippen LogP contribution >= 0.6 is 0 Å². The van der Waals surface area contributed by atoms with Crippen molar-refractivity contribution in [2.24, 2.45) is 0 Å². The monoisotopic (exact) mass is 274 g/mol. The minimum atomic E-state index is -0.554. The predicted octanol–water partition coefficient (Wildman–Crippen LogP) is -0.990. The Bertz CT molecular complexity index is 748. The second kappa shape index (κ2) is 6.09. The van der Waals surface area contributed by atoms with Gasteiger partial charge in [0.15, 0.2) is 6.29 Å². The molecule has 2 aromatic rings. The first-order valence-electron chi connectivity index (χ1n) is 5.47. The van der Waals surface area contributed by atoms with Crippen LogP contribution in [0, 0.1) is 0 Å². The SMILES string of the molecule is O=C/C(=C/NNc1ccnc(=O)[nH]1)c1ccnc(=O)[nH]1. The summed E-state index contributed by atoms with van der Waals surface area (Å²) in [6, 6.07) is 3.01. The summed E-state index contributed by atoms with van der Waals surface area (Å²) in [6.45, 7) is 0. The molecule has 20 heavy (non-hydrogen) atoms. The Morgan fingerprint density at radius 1 is 1.10 bits per heavy atom. The van der Waals surface area contributed by atoms with Crippen molar-refractivity contribution in [2.45, 2.75) is 0 Å². The number of H-pyrrole nitrogens is 2. The largest absolute Gasteiger partial charge is 0.346 e. The van der Waals surface area contributed by atoms with E-state index in [0.717, 1.165) is 0 Å². The lowest BCUT2D eigenvalue weighted by molar-refractivity contribution is -0.103. The lowest BCUT2D eigenvalue weighted by Gasteiger charge is -2.05. The van der Waals surface area contributed by atoms with Crippen molar-refractivity contribution in [1.82, 2.24) is 25.4 Å². The van der Waals surface area contributed by atoms with Crippen LogP contribution in [-0.2, 0) is 4.79 Å². The first-order chi connectivity index (χ1) is 9.69. The maximum atomic E-state index is 11.1. The zero-order chi connectivity index (χ0) is 14.4. The number of hydrazine groups is 1. The number of aromatic nitrogens is 4. The molecule has 0 bridgehead atoms. The molecule has 0 atom stereocenters. The van der Waals surface area contributed by atoms with E-state index in [-0.39, 0.29) is 5.57 Å². The van der Waals surface area contributed by atoms with E-state index in [1.165, 1.54) is 30.7 Å². The number of rotatable bonds is 5. The van der Waals surface area contributed by atoms with Gasteiger partial charge in [-0.25, -0.2) is 19.6 Å². The molecule has 0 aliphatic rings. The minimum Gasteiger partial charge on any atom is -0.306 e. The summed E-state index contributed by atoms with van der Waals surface area (Å²) in [4.78, 5) is 44.7. The van der Waals surface area contributed by atoms with Crippen molar-refractivity contribution in [3.05, 3.63) is 57.4 Å². The number of nitrogens with zero attached hydrogens (tertiary/aromatic N) is 2. The van der Waals surface area contributed by atoms with Gasteiger partial charge in [0.25, 0.3) is 0 Å². The summed E-state index contributed by atoms with van der Waals surface area (Å²) in [6.07, 6.45) is 4.51. The molecule has 102 valence electrons. The van der Waals surface area contributed by atoms with E-state index < -0.39 is 11.4 Å². The number of aromatic amines is 2. The smallest absolute Gasteiger partial charge is 0.306 e. The van der Waals surface area contributed by atoms with Gasteiger partial charge in [-0.05, 0) is 12.1 Å². The van der Waals surface area contributed by atoms with Crippen LogP contribution in [0.25, 0.3) is 5.57 Å². The molecule has 9 heteroatoms. The molecule has 4 N–H and O–H groups in total. The summed E-state index contributed by atoms with van der Waals surface area (Å²) in [7, 11) is 0. The maximum absolute atomic E-state index is 11.1. The van der Waals surface area contributed by atoms with E-state index in [2.05, 4.69) is 30.8 Å². The summed E-state index contributed by atoms with van der Waals surface area (Å²) >= 11 is 0. The van der Waals surface area contributed by atoms with Gasteiger partial charge in [0.05, 0.1) is 11.3 Å². The van der Waals surface area contributed by atoms with Crippen LogP contribution in [0.5, 0.6) is 0 Å². The molecule has 2 rings (SSSR count). The van der Waals surface area contributed by atoms with E-state index in [0.29, 0.717) is 17.8 Å². The first-order valence-corrected chi connectivity index (χ1v) is 5.47. The van der Waals surface area contributed by atoms with Crippen LogP contribution in [-0.4, -0.2) is 26.2 Å². The zero-order valence-corrected chi connectivity index (χ0v) is 10.1. The molecular formula is C11H10N6O3. The van der Waals surface area contributed by atoms with Gasteiger partial charge in [0.2, 0.25) is 0 Å². The zero-order valence-electron chi connectivity index (χ0n) is 10.1. The van der Waals surface area contributed by atoms with Gasteiger partial charge in [-0.1, -0.05) is 0 Å². The summed E-state index contributed by atoms with van der Waals surface area (Å²) in [5.41, 5.74) is 4.72.